The van der Waals surface area contributed by atoms with Crippen LogP contribution in [-0.2, 0) is 0 Å². The molecule has 0 saturated heterocycles. The molecule has 0 saturated carbocycles. The van der Waals surface area contributed by atoms with Gasteiger partial charge >= 0.3 is 0 Å². The highest BCUT2D eigenvalue weighted by Crippen LogP contribution is 2.22. The second-order valence-corrected chi connectivity index (χ2v) is 3.92. The number of hydrogen-bond acceptors (Lipinski definition) is 3. The van der Waals surface area contributed by atoms with Crippen molar-refractivity contribution >= 4 is 5.91 Å². The lowest BCUT2D eigenvalue weighted by atomic mass is 10.1. The van der Waals surface area contributed by atoms with Crippen LogP contribution >= 0.6 is 0 Å². The molecule has 0 bridgehead atoms. The van der Waals surface area contributed by atoms with Crippen LogP contribution in [0.5, 0.6) is 11.5 Å². The van der Waals surface area contributed by atoms with Crippen LogP contribution < -0.4 is 5.32 Å². The van der Waals surface area contributed by atoms with Crippen LogP contribution in [0, 0.1) is 5.92 Å². The molecule has 0 radical (unpaired) electrons. The van der Waals surface area contributed by atoms with Crippen LogP contribution in [0.15, 0.2) is 18.2 Å². The Kier molecular flexibility index (Phi) is 4.17. The van der Waals surface area contributed by atoms with Crippen molar-refractivity contribution in [1.29, 1.82) is 0 Å². The fourth-order valence-electron chi connectivity index (χ4n) is 1.22. The number of phenolic OH excluding ortho intramolecular Hbond substituents is 2. The largest absolute Gasteiger partial charge is 0.508 e. The number of nitrogens with one attached hydrogen (secondary N) is 1. The highest BCUT2D eigenvalue weighted by Gasteiger charge is 2.11. The average molecular weight is 223 g/mol. The van der Waals surface area contributed by atoms with E-state index in [2.05, 4.69) is 12.2 Å². The minimum absolute atomic E-state index is 0.0593. The van der Waals surface area contributed by atoms with E-state index in [1.54, 1.807) is 0 Å². The van der Waals surface area contributed by atoms with Crippen molar-refractivity contribution in [3.63, 3.8) is 0 Å². The SMILES string of the molecule is CCC(C)CNC(=O)c1ccc(O)cc1O. The van der Waals surface area contributed by atoms with E-state index in [0.717, 1.165) is 12.5 Å². The molecule has 1 atom stereocenters. The van der Waals surface area contributed by atoms with Crippen LogP contribution in [0.4, 0.5) is 0 Å². The lowest BCUT2D eigenvalue weighted by Gasteiger charge is -2.10. The lowest BCUT2D eigenvalue weighted by Crippen LogP contribution is -2.28. The molecular weight excluding hydrogens is 206 g/mol. The van der Waals surface area contributed by atoms with Gasteiger partial charge in [-0.05, 0) is 18.1 Å². The number of phenols is 2. The summed E-state index contributed by atoms with van der Waals surface area (Å²) in [6, 6.07) is 3.92. The molecular formula is C12H17NO3. The summed E-state index contributed by atoms with van der Waals surface area (Å²) in [6.07, 6.45) is 0.988. The Labute approximate surface area is 94.9 Å². The number of carbonyl (C=O) groups is 1. The molecule has 0 aliphatic carbocycles. The fraction of sp³-hybridized carbons (Fsp3) is 0.417. The van der Waals surface area contributed by atoms with E-state index in [1.165, 1.54) is 12.1 Å². The summed E-state index contributed by atoms with van der Waals surface area (Å²) in [5.41, 5.74) is 0.182. The Morgan fingerprint density at radius 1 is 1.44 bits per heavy atom. The second-order valence-electron chi connectivity index (χ2n) is 3.92. The molecule has 1 amide bonds. The molecule has 0 fully saturated rings. The molecule has 4 nitrogen and oxygen atoms in total. The molecule has 0 aliphatic heterocycles. The maximum absolute atomic E-state index is 11.6. The predicted octanol–water partition coefficient (Wildman–Crippen LogP) is 1.87. The monoisotopic (exact) mass is 223 g/mol. The van der Waals surface area contributed by atoms with E-state index in [1.807, 2.05) is 6.92 Å². The van der Waals surface area contributed by atoms with Crippen molar-refractivity contribution in [2.24, 2.45) is 5.92 Å². The first kappa shape index (κ1) is 12.4. The first-order chi connectivity index (χ1) is 7.54. The molecule has 88 valence electrons. The van der Waals surface area contributed by atoms with Gasteiger partial charge in [-0.25, -0.2) is 0 Å². The number of benzene rings is 1. The van der Waals surface area contributed by atoms with Crippen molar-refractivity contribution in [2.75, 3.05) is 6.54 Å². The zero-order valence-electron chi connectivity index (χ0n) is 9.53. The third-order valence-electron chi connectivity index (χ3n) is 2.53. The molecule has 0 heterocycles. The maximum Gasteiger partial charge on any atom is 0.255 e. The Morgan fingerprint density at radius 2 is 2.12 bits per heavy atom. The number of amides is 1. The van der Waals surface area contributed by atoms with E-state index in [0.29, 0.717) is 12.5 Å². The van der Waals surface area contributed by atoms with E-state index >= 15 is 0 Å². The summed E-state index contributed by atoms with van der Waals surface area (Å²) in [6.45, 7) is 4.67. The molecule has 4 heteroatoms. The van der Waals surface area contributed by atoms with Crippen LogP contribution in [-0.4, -0.2) is 22.7 Å². The lowest BCUT2D eigenvalue weighted by molar-refractivity contribution is 0.0945. The Morgan fingerprint density at radius 3 is 2.69 bits per heavy atom. The number of aromatic hydroxyl groups is 2. The molecule has 1 unspecified atom stereocenters. The van der Waals surface area contributed by atoms with E-state index in [4.69, 9.17) is 5.11 Å². The van der Waals surface area contributed by atoms with Gasteiger partial charge in [-0.15, -0.1) is 0 Å². The second kappa shape index (κ2) is 5.39. The topological polar surface area (TPSA) is 69.6 Å². The summed E-state index contributed by atoms with van der Waals surface area (Å²) in [5, 5.41) is 21.3. The summed E-state index contributed by atoms with van der Waals surface area (Å²) < 4.78 is 0. The first-order valence-electron chi connectivity index (χ1n) is 5.34. The molecule has 16 heavy (non-hydrogen) atoms. The Bertz CT molecular complexity index is 377. The summed E-state index contributed by atoms with van der Waals surface area (Å²) in [5.74, 6) is -0.182. The van der Waals surface area contributed by atoms with Crippen LogP contribution in [0.25, 0.3) is 0 Å². The number of carbonyl (C=O) groups excluding carboxylic acids is 1. The minimum Gasteiger partial charge on any atom is -0.508 e. The van der Waals surface area contributed by atoms with Crippen molar-refractivity contribution in [3.8, 4) is 11.5 Å². The number of rotatable bonds is 4. The number of hydrogen-bond donors (Lipinski definition) is 3. The van der Waals surface area contributed by atoms with Gasteiger partial charge in [0.15, 0.2) is 0 Å². The van der Waals surface area contributed by atoms with Gasteiger partial charge < -0.3 is 15.5 Å². The highest BCUT2D eigenvalue weighted by atomic mass is 16.3. The smallest absolute Gasteiger partial charge is 0.255 e. The van der Waals surface area contributed by atoms with Gasteiger partial charge in [0.2, 0.25) is 0 Å². The van der Waals surface area contributed by atoms with E-state index < -0.39 is 0 Å². The van der Waals surface area contributed by atoms with E-state index in [-0.39, 0.29) is 23.0 Å². The van der Waals surface area contributed by atoms with Gasteiger partial charge in [0.25, 0.3) is 5.91 Å². The predicted molar refractivity (Wildman–Crippen MR) is 61.6 cm³/mol. The van der Waals surface area contributed by atoms with Crippen LogP contribution in [0.3, 0.4) is 0 Å². The highest BCUT2D eigenvalue weighted by molar-refractivity contribution is 5.96. The zero-order valence-corrected chi connectivity index (χ0v) is 9.53. The Balaban J connectivity index is 2.66. The molecule has 1 rings (SSSR count). The molecule has 1 aromatic carbocycles. The van der Waals surface area contributed by atoms with Gasteiger partial charge in [0, 0.05) is 12.6 Å². The normalized spacial score (nSPS) is 12.1. The minimum atomic E-state index is -0.321. The van der Waals surface area contributed by atoms with Crippen molar-refractivity contribution < 1.29 is 15.0 Å². The first-order valence-corrected chi connectivity index (χ1v) is 5.34. The maximum atomic E-state index is 11.6. The third kappa shape index (κ3) is 3.15. The fourth-order valence-corrected chi connectivity index (χ4v) is 1.22. The molecule has 0 aliphatic rings. The van der Waals surface area contributed by atoms with Gasteiger partial charge in [-0.2, -0.15) is 0 Å². The average Bonchev–Trinajstić information content (AvgIpc) is 2.25. The molecule has 3 N–H and O–H groups in total. The van der Waals surface area contributed by atoms with Crippen molar-refractivity contribution in [2.45, 2.75) is 20.3 Å². The zero-order chi connectivity index (χ0) is 12.1. The van der Waals surface area contributed by atoms with Gasteiger partial charge in [0.1, 0.15) is 11.5 Å². The van der Waals surface area contributed by atoms with Crippen LogP contribution in [0.2, 0.25) is 0 Å². The van der Waals surface area contributed by atoms with Crippen LogP contribution in [0.1, 0.15) is 30.6 Å². The van der Waals surface area contributed by atoms with Gasteiger partial charge in [0.05, 0.1) is 5.56 Å². The standard InChI is InChI=1S/C12H17NO3/c1-3-8(2)7-13-12(16)10-5-4-9(14)6-11(10)15/h4-6,8,14-15H,3,7H2,1-2H3,(H,13,16). The quantitative estimate of drug-likeness (QED) is 0.729. The molecule has 0 spiro atoms. The van der Waals surface area contributed by atoms with Gasteiger partial charge in [-0.1, -0.05) is 20.3 Å². The Hall–Kier alpha value is -1.71. The summed E-state index contributed by atoms with van der Waals surface area (Å²) in [4.78, 5) is 11.6. The van der Waals surface area contributed by atoms with Gasteiger partial charge in [-0.3, -0.25) is 4.79 Å². The van der Waals surface area contributed by atoms with E-state index in [9.17, 15) is 9.90 Å². The third-order valence-corrected chi connectivity index (χ3v) is 2.53. The summed E-state index contributed by atoms with van der Waals surface area (Å²) in [7, 11) is 0. The molecule has 1 aromatic rings. The molecule has 0 aromatic heterocycles. The van der Waals surface area contributed by atoms with Crippen molar-refractivity contribution in [3.05, 3.63) is 23.8 Å². The van der Waals surface area contributed by atoms with Crippen molar-refractivity contribution in [1.82, 2.24) is 5.32 Å². The summed E-state index contributed by atoms with van der Waals surface area (Å²) >= 11 is 0.